The van der Waals surface area contributed by atoms with Crippen LogP contribution < -0.4 is 4.74 Å². The molecule has 156 valence electrons. The molecule has 0 aliphatic carbocycles. The van der Waals surface area contributed by atoms with Crippen molar-refractivity contribution < 1.29 is 14.6 Å². The summed E-state index contributed by atoms with van der Waals surface area (Å²) in [4.78, 5) is 11.0. The Kier molecular flexibility index (Phi) is 5.38. The first-order valence-electron chi connectivity index (χ1n) is 9.59. The number of fused-ring (bicyclic) bond motifs is 4. The summed E-state index contributed by atoms with van der Waals surface area (Å²) >= 11 is 8.71. The van der Waals surface area contributed by atoms with Crippen LogP contribution in [-0.4, -0.2) is 17.7 Å². The van der Waals surface area contributed by atoms with Crippen molar-refractivity contribution in [1.82, 2.24) is 0 Å². The smallest absolute Gasteiger partial charge is 0.341 e. The summed E-state index contributed by atoms with van der Waals surface area (Å²) in [5, 5.41) is 23.0. The van der Waals surface area contributed by atoms with Gasteiger partial charge in [-0.2, -0.15) is 5.26 Å². The first kappa shape index (κ1) is 21.0. The molecule has 0 aliphatic heterocycles. The standard InChI is InChI=1S/C25H13Br2NO3S/c26-18-9-13(10-19(27)24(18)31-12-21(29)30)22-15-6-2-1-5-14(15)17(11-28)25-23(22)16-7-3-4-8-20(16)32-25/h1-10H,12H2,(H,29,30). The second-order valence-corrected chi connectivity index (χ2v) is 9.92. The fraction of sp³-hybridized carbons (Fsp3) is 0.0400. The van der Waals surface area contributed by atoms with Crippen molar-refractivity contribution in [3.63, 3.8) is 0 Å². The van der Waals surface area contributed by atoms with Crippen LogP contribution in [0.3, 0.4) is 0 Å². The van der Waals surface area contributed by atoms with E-state index in [0.29, 0.717) is 20.3 Å². The Bertz CT molecular complexity index is 1580. The van der Waals surface area contributed by atoms with E-state index in [2.05, 4.69) is 50.1 Å². The summed E-state index contributed by atoms with van der Waals surface area (Å²) in [6.07, 6.45) is 0. The predicted octanol–water partition coefficient (Wildman–Crippen LogP) is 7.73. The van der Waals surface area contributed by atoms with Crippen LogP contribution in [-0.2, 0) is 4.79 Å². The van der Waals surface area contributed by atoms with Crippen LogP contribution in [0.1, 0.15) is 5.56 Å². The molecule has 7 heteroatoms. The zero-order valence-electron chi connectivity index (χ0n) is 16.4. The number of hydrogen-bond acceptors (Lipinski definition) is 4. The Morgan fingerprint density at radius 2 is 1.62 bits per heavy atom. The molecule has 1 heterocycles. The zero-order valence-corrected chi connectivity index (χ0v) is 20.3. The number of nitrogens with zero attached hydrogens (tertiary/aromatic N) is 1. The molecule has 5 rings (SSSR count). The monoisotopic (exact) mass is 565 g/mol. The minimum atomic E-state index is -1.04. The van der Waals surface area contributed by atoms with Crippen molar-refractivity contribution in [3.05, 3.63) is 75.2 Å². The Balaban J connectivity index is 1.90. The van der Waals surface area contributed by atoms with Gasteiger partial charge < -0.3 is 9.84 Å². The van der Waals surface area contributed by atoms with Crippen LogP contribution >= 0.6 is 43.2 Å². The van der Waals surface area contributed by atoms with Crippen LogP contribution in [0, 0.1) is 11.3 Å². The molecular weight excluding hydrogens is 554 g/mol. The van der Waals surface area contributed by atoms with Crippen LogP contribution in [0.5, 0.6) is 5.75 Å². The van der Waals surface area contributed by atoms with Gasteiger partial charge in [-0.05, 0) is 66.6 Å². The summed E-state index contributed by atoms with van der Waals surface area (Å²) in [7, 11) is 0. The average molecular weight is 567 g/mol. The molecule has 1 aromatic heterocycles. The van der Waals surface area contributed by atoms with Gasteiger partial charge in [-0.25, -0.2) is 4.79 Å². The maximum Gasteiger partial charge on any atom is 0.341 e. The Hall–Kier alpha value is -2.92. The molecular formula is C25H13Br2NO3S. The van der Waals surface area contributed by atoms with E-state index in [1.165, 1.54) is 0 Å². The largest absolute Gasteiger partial charge is 0.480 e. The van der Waals surface area contributed by atoms with Gasteiger partial charge in [-0.15, -0.1) is 11.3 Å². The second-order valence-electron chi connectivity index (χ2n) is 7.16. The van der Waals surface area contributed by atoms with Gasteiger partial charge in [0.05, 0.1) is 19.2 Å². The highest BCUT2D eigenvalue weighted by atomic mass is 79.9. The van der Waals surface area contributed by atoms with E-state index in [0.717, 1.165) is 42.1 Å². The van der Waals surface area contributed by atoms with Gasteiger partial charge >= 0.3 is 5.97 Å². The highest BCUT2D eigenvalue weighted by Crippen LogP contribution is 2.48. The number of aliphatic carboxylic acids is 1. The van der Waals surface area contributed by atoms with Crippen LogP contribution in [0.15, 0.2) is 69.6 Å². The molecule has 0 fully saturated rings. The molecule has 0 aliphatic rings. The molecule has 0 amide bonds. The summed E-state index contributed by atoms with van der Waals surface area (Å²) in [5.74, 6) is -0.613. The Morgan fingerprint density at radius 1 is 1.00 bits per heavy atom. The predicted molar refractivity (Wildman–Crippen MR) is 136 cm³/mol. The van der Waals surface area contributed by atoms with Crippen LogP contribution in [0.2, 0.25) is 0 Å². The normalized spacial score (nSPS) is 11.2. The number of carbonyl (C=O) groups is 1. The number of nitriles is 1. The van der Waals surface area contributed by atoms with E-state index in [-0.39, 0.29) is 0 Å². The maximum atomic E-state index is 11.0. The number of thiophene rings is 1. The maximum absolute atomic E-state index is 11.0. The number of ether oxygens (including phenoxy) is 1. The van der Waals surface area contributed by atoms with Crippen molar-refractivity contribution in [2.24, 2.45) is 0 Å². The Labute approximate surface area is 203 Å². The van der Waals surface area contributed by atoms with Gasteiger partial charge in [0.1, 0.15) is 11.8 Å². The first-order chi connectivity index (χ1) is 15.5. The minimum absolute atomic E-state index is 0.431. The quantitative estimate of drug-likeness (QED) is 0.241. The number of rotatable bonds is 4. The molecule has 4 nitrogen and oxygen atoms in total. The number of benzene rings is 4. The van der Waals surface area contributed by atoms with E-state index in [9.17, 15) is 10.1 Å². The lowest BCUT2D eigenvalue weighted by Gasteiger charge is -2.15. The fourth-order valence-electron chi connectivity index (χ4n) is 4.03. The first-order valence-corrected chi connectivity index (χ1v) is 12.0. The van der Waals surface area contributed by atoms with Gasteiger partial charge in [0.15, 0.2) is 6.61 Å². The molecule has 0 spiro atoms. The highest BCUT2D eigenvalue weighted by molar-refractivity contribution is 9.11. The number of carboxylic acids is 1. The van der Waals surface area contributed by atoms with Gasteiger partial charge in [-0.1, -0.05) is 42.5 Å². The summed E-state index contributed by atoms with van der Waals surface area (Å²) < 4.78 is 8.82. The van der Waals surface area contributed by atoms with Crippen molar-refractivity contribution >= 4 is 80.1 Å². The molecule has 0 bridgehead atoms. The second kappa shape index (κ2) is 8.21. The number of halogens is 2. The topological polar surface area (TPSA) is 70.3 Å². The highest BCUT2D eigenvalue weighted by Gasteiger charge is 2.21. The number of carboxylic acid groups (broad SMARTS) is 1. The minimum Gasteiger partial charge on any atom is -0.480 e. The molecule has 4 aromatic carbocycles. The Morgan fingerprint density at radius 3 is 2.28 bits per heavy atom. The molecule has 5 aromatic rings. The molecule has 0 atom stereocenters. The van der Waals surface area contributed by atoms with Crippen molar-refractivity contribution in [2.75, 3.05) is 6.61 Å². The molecule has 32 heavy (non-hydrogen) atoms. The third-order valence-corrected chi connectivity index (χ3v) is 7.64. The van der Waals surface area contributed by atoms with Crippen molar-refractivity contribution in [2.45, 2.75) is 0 Å². The lowest BCUT2D eigenvalue weighted by atomic mass is 9.91. The zero-order chi connectivity index (χ0) is 22.4. The van der Waals surface area contributed by atoms with Gasteiger partial charge in [-0.3, -0.25) is 0 Å². The summed E-state index contributed by atoms with van der Waals surface area (Å²) in [5.41, 5.74) is 2.64. The molecule has 0 saturated carbocycles. The summed E-state index contributed by atoms with van der Waals surface area (Å²) in [6, 6.07) is 22.4. The van der Waals surface area contributed by atoms with Crippen LogP contribution in [0.4, 0.5) is 0 Å². The third-order valence-electron chi connectivity index (χ3n) is 5.28. The fourth-order valence-corrected chi connectivity index (χ4v) is 6.67. The lowest BCUT2D eigenvalue weighted by Crippen LogP contribution is -2.10. The lowest BCUT2D eigenvalue weighted by molar-refractivity contribution is -0.139. The van der Waals surface area contributed by atoms with Crippen molar-refractivity contribution in [1.29, 1.82) is 5.26 Å². The van der Waals surface area contributed by atoms with Gasteiger partial charge in [0.2, 0.25) is 0 Å². The molecule has 0 saturated heterocycles. The van der Waals surface area contributed by atoms with Gasteiger partial charge in [0.25, 0.3) is 0 Å². The molecule has 0 radical (unpaired) electrons. The van der Waals surface area contributed by atoms with E-state index >= 15 is 0 Å². The van der Waals surface area contributed by atoms with Gasteiger partial charge in [0, 0.05) is 20.9 Å². The third kappa shape index (κ3) is 3.36. The summed E-state index contributed by atoms with van der Waals surface area (Å²) in [6.45, 7) is -0.435. The van der Waals surface area contributed by atoms with E-state index in [4.69, 9.17) is 9.84 Å². The van der Waals surface area contributed by atoms with E-state index in [1.807, 2.05) is 48.5 Å². The van der Waals surface area contributed by atoms with E-state index < -0.39 is 12.6 Å². The van der Waals surface area contributed by atoms with Crippen molar-refractivity contribution in [3.8, 4) is 22.9 Å². The van der Waals surface area contributed by atoms with E-state index in [1.54, 1.807) is 11.3 Å². The molecule has 1 N–H and O–H groups in total. The van der Waals surface area contributed by atoms with Crippen LogP contribution in [0.25, 0.3) is 42.1 Å². The molecule has 0 unspecified atom stereocenters. The SMILES string of the molecule is N#Cc1c2ccccc2c(-c2cc(Br)c(OCC(=O)O)c(Br)c2)c2c1sc1ccccc12. The average Bonchev–Trinajstić information content (AvgIpc) is 3.15. The number of hydrogen-bond donors (Lipinski definition) is 1.